The molecule has 1 heterocycles. The summed E-state index contributed by atoms with van der Waals surface area (Å²) >= 11 is 0. The molecule has 0 spiro atoms. The summed E-state index contributed by atoms with van der Waals surface area (Å²) in [5, 5.41) is 3.30. The van der Waals surface area contributed by atoms with E-state index in [1.807, 2.05) is 24.0 Å². The molecule has 0 aromatic carbocycles. The zero-order valence-corrected chi connectivity index (χ0v) is 8.99. The fourth-order valence-corrected chi connectivity index (χ4v) is 2.32. The molecule has 3 N–H and O–H groups in total. The second kappa shape index (κ2) is 4.06. The van der Waals surface area contributed by atoms with Gasteiger partial charge in [-0.25, -0.2) is 0 Å². The summed E-state index contributed by atoms with van der Waals surface area (Å²) in [6.07, 6.45) is 7.58. The Hall–Kier alpha value is -1.29. The summed E-state index contributed by atoms with van der Waals surface area (Å²) < 4.78 is 1.89. The molecule has 0 aliphatic heterocycles. The Kier molecular flexibility index (Phi) is 2.77. The minimum Gasteiger partial charge on any atom is -0.368 e. The van der Waals surface area contributed by atoms with Crippen LogP contribution in [0.5, 0.6) is 0 Å². The number of rotatable bonds is 3. The number of fused-ring (bicyclic) bond motifs is 1. The smallest absolute Gasteiger partial charge is 0.237 e. The lowest BCUT2D eigenvalue weighted by atomic mass is 9.91. The number of carbonyl (C=O) groups excluding carboxylic acids is 1. The fraction of sp³-hybridized carbons (Fsp3) is 0.545. The van der Waals surface area contributed by atoms with E-state index in [0.29, 0.717) is 6.04 Å². The van der Waals surface area contributed by atoms with E-state index in [4.69, 9.17) is 5.73 Å². The molecule has 0 bridgehead atoms. The Bertz CT molecular complexity index is 370. The van der Waals surface area contributed by atoms with Crippen LogP contribution in [0.15, 0.2) is 12.4 Å². The highest BCUT2D eigenvalue weighted by atomic mass is 16.1. The highest BCUT2D eigenvalue weighted by molar-refractivity contribution is 5.73. The van der Waals surface area contributed by atoms with E-state index in [2.05, 4.69) is 5.32 Å². The molecular weight excluding hydrogens is 190 g/mol. The topological polar surface area (TPSA) is 60.1 Å². The van der Waals surface area contributed by atoms with Crippen molar-refractivity contribution < 1.29 is 4.79 Å². The lowest BCUT2D eigenvalue weighted by Gasteiger charge is -2.21. The number of amides is 1. The maximum Gasteiger partial charge on any atom is 0.237 e. The zero-order valence-electron chi connectivity index (χ0n) is 8.99. The van der Waals surface area contributed by atoms with E-state index in [9.17, 15) is 4.79 Å². The second-order valence-corrected chi connectivity index (χ2v) is 4.11. The van der Waals surface area contributed by atoms with Crippen LogP contribution >= 0.6 is 0 Å². The van der Waals surface area contributed by atoms with Crippen molar-refractivity contribution >= 4 is 5.91 Å². The molecule has 4 heteroatoms. The molecule has 1 unspecified atom stereocenters. The van der Waals surface area contributed by atoms with E-state index in [1.165, 1.54) is 24.0 Å². The minimum atomic E-state index is -0.289. The molecule has 0 radical (unpaired) electrons. The van der Waals surface area contributed by atoms with Crippen LogP contribution in [0.4, 0.5) is 0 Å². The highest BCUT2D eigenvalue weighted by Crippen LogP contribution is 2.29. The van der Waals surface area contributed by atoms with Crippen LogP contribution in [-0.2, 0) is 17.8 Å². The summed E-state index contributed by atoms with van der Waals surface area (Å²) in [7, 11) is 1.98. The molecule has 82 valence electrons. The molecule has 2 rings (SSSR count). The number of primary amides is 1. The number of hydrogen-bond acceptors (Lipinski definition) is 2. The summed E-state index contributed by atoms with van der Waals surface area (Å²) in [6.45, 7) is 0.281. The number of nitrogens with one attached hydrogen (secondary N) is 1. The van der Waals surface area contributed by atoms with Crippen molar-refractivity contribution in [2.75, 3.05) is 7.05 Å². The Morgan fingerprint density at radius 2 is 2.47 bits per heavy atom. The van der Waals surface area contributed by atoms with Gasteiger partial charge in [0.2, 0.25) is 5.91 Å². The fourth-order valence-electron chi connectivity index (χ4n) is 2.32. The third kappa shape index (κ3) is 2.04. The predicted octanol–water partition coefficient (Wildman–Crippen LogP) is 0.570. The first kappa shape index (κ1) is 10.2. The first-order chi connectivity index (χ1) is 7.20. The Morgan fingerprint density at radius 3 is 3.13 bits per heavy atom. The van der Waals surface area contributed by atoms with E-state index in [0.717, 1.165) is 6.42 Å². The number of aryl methyl sites for hydroxylation is 1. The molecule has 15 heavy (non-hydrogen) atoms. The number of nitrogens with zero attached hydrogens (tertiary/aromatic N) is 1. The van der Waals surface area contributed by atoms with Gasteiger partial charge in [0.25, 0.3) is 0 Å². The lowest BCUT2D eigenvalue weighted by molar-refractivity contribution is -0.118. The number of carbonyl (C=O) groups is 1. The van der Waals surface area contributed by atoms with E-state index < -0.39 is 0 Å². The Morgan fingerprint density at radius 1 is 1.67 bits per heavy atom. The van der Waals surface area contributed by atoms with Gasteiger partial charge in [-0.15, -0.1) is 0 Å². The maximum absolute atomic E-state index is 10.8. The van der Waals surface area contributed by atoms with Gasteiger partial charge in [0, 0.05) is 18.4 Å². The lowest BCUT2D eigenvalue weighted by Crippen LogP contribution is -2.20. The van der Waals surface area contributed by atoms with Gasteiger partial charge in [0.15, 0.2) is 0 Å². The van der Waals surface area contributed by atoms with Crippen LogP contribution in [0.25, 0.3) is 0 Å². The quantitative estimate of drug-likeness (QED) is 0.761. The van der Waals surface area contributed by atoms with E-state index in [-0.39, 0.29) is 12.5 Å². The van der Waals surface area contributed by atoms with Gasteiger partial charge in [-0.3, -0.25) is 4.79 Å². The Labute approximate surface area is 89.5 Å². The third-order valence-electron chi connectivity index (χ3n) is 3.00. The molecule has 1 amide bonds. The normalized spacial score (nSPS) is 19.9. The maximum atomic E-state index is 10.8. The summed E-state index contributed by atoms with van der Waals surface area (Å²) in [6, 6.07) is 0.433. The standard InChI is InChI=1S/C11H17N3O/c1-13-10-4-2-3-8-5-14(6-9(8)10)7-11(12)15/h5-6,10,13H,2-4,7H2,1H3,(H2,12,15). The molecular formula is C11H17N3O. The van der Waals surface area contributed by atoms with Crippen molar-refractivity contribution in [1.29, 1.82) is 0 Å². The molecule has 0 saturated carbocycles. The molecule has 1 aliphatic carbocycles. The second-order valence-electron chi connectivity index (χ2n) is 4.11. The van der Waals surface area contributed by atoms with E-state index in [1.54, 1.807) is 0 Å². The molecule has 1 aromatic rings. The molecule has 1 aromatic heterocycles. The average Bonchev–Trinajstić information content (AvgIpc) is 2.58. The van der Waals surface area contributed by atoms with Crippen molar-refractivity contribution in [3.05, 3.63) is 23.5 Å². The largest absolute Gasteiger partial charge is 0.368 e. The van der Waals surface area contributed by atoms with Crippen molar-refractivity contribution in [2.24, 2.45) is 5.73 Å². The SMILES string of the molecule is CNC1CCCc2cn(CC(N)=O)cc21. The first-order valence-corrected chi connectivity index (χ1v) is 5.35. The summed E-state index contributed by atoms with van der Waals surface area (Å²) in [5.74, 6) is -0.289. The number of aromatic nitrogens is 1. The van der Waals surface area contributed by atoms with Gasteiger partial charge in [0.05, 0.1) is 0 Å². The summed E-state index contributed by atoms with van der Waals surface area (Å²) in [4.78, 5) is 10.8. The van der Waals surface area contributed by atoms with Gasteiger partial charge >= 0.3 is 0 Å². The van der Waals surface area contributed by atoms with Gasteiger partial charge in [-0.2, -0.15) is 0 Å². The van der Waals surface area contributed by atoms with Crippen LogP contribution in [0.2, 0.25) is 0 Å². The monoisotopic (exact) mass is 207 g/mol. The van der Waals surface area contributed by atoms with Gasteiger partial charge in [0.1, 0.15) is 6.54 Å². The van der Waals surface area contributed by atoms with E-state index >= 15 is 0 Å². The highest BCUT2D eigenvalue weighted by Gasteiger charge is 2.20. The van der Waals surface area contributed by atoms with Gasteiger partial charge in [-0.1, -0.05) is 0 Å². The van der Waals surface area contributed by atoms with Crippen molar-refractivity contribution in [3.63, 3.8) is 0 Å². The first-order valence-electron chi connectivity index (χ1n) is 5.35. The molecule has 0 saturated heterocycles. The van der Waals surface area contributed by atoms with Gasteiger partial charge < -0.3 is 15.6 Å². The minimum absolute atomic E-state index is 0.281. The van der Waals surface area contributed by atoms with Gasteiger partial charge in [-0.05, 0) is 37.4 Å². The Balaban J connectivity index is 2.25. The van der Waals surface area contributed by atoms with Crippen LogP contribution in [0.1, 0.15) is 30.0 Å². The number of hydrogen-bond donors (Lipinski definition) is 2. The van der Waals surface area contributed by atoms with Crippen LogP contribution in [0, 0.1) is 0 Å². The zero-order chi connectivity index (χ0) is 10.8. The predicted molar refractivity (Wildman–Crippen MR) is 58.4 cm³/mol. The van der Waals surface area contributed by atoms with Crippen LogP contribution < -0.4 is 11.1 Å². The third-order valence-corrected chi connectivity index (χ3v) is 3.00. The summed E-state index contributed by atoms with van der Waals surface area (Å²) in [5.41, 5.74) is 7.85. The molecule has 4 nitrogen and oxygen atoms in total. The molecule has 1 atom stereocenters. The van der Waals surface area contributed by atoms with Crippen molar-refractivity contribution in [3.8, 4) is 0 Å². The average molecular weight is 207 g/mol. The number of nitrogens with two attached hydrogens (primary N) is 1. The van der Waals surface area contributed by atoms with Crippen LogP contribution in [-0.4, -0.2) is 17.5 Å². The van der Waals surface area contributed by atoms with Crippen LogP contribution in [0.3, 0.4) is 0 Å². The van der Waals surface area contributed by atoms with Crippen molar-refractivity contribution in [1.82, 2.24) is 9.88 Å². The molecule has 1 aliphatic rings. The van der Waals surface area contributed by atoms with Crippen molar-refractivity contribution in [2.45, 2.75) is 31.8 Å². The molecule has 0 fully saturated rings.